The first kappa shape index (κ1) is 19.5. The molecule has 0 aromatic heterocycles. The Morgan fingerprint density at radius 3 is 1.96 bits per heavy atom. The molecule has 0 amide bonds. The van der Waals surface area contributed by atoms with Gasteiger partial charge in [0.15, 0.2) is 0 Å². The summed E-state index contributed by atoms with van der Waals surface area (Å²) in [4.78, 5) is 11.7. The number of esters is 1. The minimum Gasteiger partial charge on any atom is -0.463 e. The van der Waals surface area contributed by atoms with E-state index >= 15 is 0 Å². The third-order valence-corrected chi connectivity index (χ3v) is 3.84. The Morgan fingerprint density at radius 2 is 1.52 bits per heavy atom. The van der Waals surface area contributed by atoms with Crippen LogP contribution in [0.1, 0.15) is 78.0 Å². The van der Waals surface area contributed by atoms with Gasteiger partial charge in [0.25, 0.3) is 0 Å². The summed E-state index contributed by atoms with van der Waals surface area (Å²) in [5, 5.41) is 0. The summed E-state index contributed by atoms with van der Waals surface area (Å²) in [5.74, 6) is -0.267. The molecule has 2 nitrogen and oxygen atoms in total. The Morgan fingerprint density at radius 1 is 1.00 bits per heavy atom. The Hall–Kier alpha value is -1.57. The van der Waals surface area contributed by atoms with E-state index in [0.717, 1.165) is 18.4 Å². The minimum absolute atomic E-state index is 0.0749. The molecule has 1 aromatic carbocycles. The van der Waals surface area contributed by atoms with E-state index in [-0.39, 0.29) is 16.8 Å². The monoisotopic (exact) mass is 316 g/mol. The summed E-state index contributed by atoms with van der Waals surface area (Å²) in [5.41, 5.74) is 3.76. The van der Waals surface area contributed by atoms with Crippen molar-refractivity contribution in [3.8, 4) is 0 Å². The molecule has 0 aliphatic rings. The van der Waals surface area contributed by atoms with Crippen LogP contribution in [0.2, 0.25) is 0 Å². The van der Waals surface area contributed by atoms with Crippen LogP contribution >= 0.6 is 0 Å². The summed E-state index contributed by atoms with van der Waals surface area (Å²) in [6, 6.07) is 6.59. The molecular weight excluding hydrogens is 284 g/mol. The molecule has 0 fully saturated rings. The average molecular weight is 316 g/mol. The van der Waals surface area contributed by atoms with Crippen molar-refractivity contribution in [1.82, 2.24) is 0 Å². The quantitative estimate of drug-likeness (QED) is 0.399. The molecule has 0 aliphatic carbocycles. The van der Waals surface area contributed by atoms with E-state index in [1.807, 2.05) is 6.08 Å². The predicted molar refractivity (Wildman–Crippen MR) is 98.7 cm³/mol. The fourth-order valence-electron chi connectivity index (χ4n) is 2.14. The van der Waals surface area contributed by atoms with Crippen LogP contribution in [0.4, 0.5) is 0 Å². The maximum Gasteiger partial charge on any atom is 0.330 e. The van der Waals surface area contributed by atoms with E-state index in [0.29, 0.717) is 6.61 Å². The molecule has 0 spiro atoms. The highest BCUT2D eigenvalue weighted by atomic mass is 16.5. The van der Waals surface area contributed by atoms with Gasteiger partial charge in [-0.3, -0.25) is 0 Å². The topological polar surface area (TPSA) is 26.3 Å². The van der Waals surface area contributed by atoms with E-state index in [4.69, 9.17) is 4.74 Å². The van der Waals surface area contributed by atoms with Crippen molar-refractivity contribution in [3.63, 3.8) is 0 Å². The van der Waals surface area contributed by atoms with E-state index in [2.05, 4.69) is 66.7 Å². The van der Waals surface area contributed by atoms with E-state index in [1.165, 1.54) is 17.2 Å². The SMILES string of the molecule is CCCCOC(=O)/C=C/c1cc(C(C)(C)C)cc(C(C)(C)C)c1. The van der Waals surface area contributed by atoms with Gasteiger partial charge >= 0.3 is 5.97 Å². The van der Waals surface area contributed by atoms with Crippen LogP contribution in [-0.2, 0) is 20.4 Å². The molecule has 0 unspecified atom stereocenters. The van der Waals surface area contributed by atoms with E-state index in [9.17, 15) is 4.79 Å². The highest BCUT2D eigenvalue weighted by molar-refractivity contribution is 5.87. The van der Waals surface area contributed by atoms with Crippen LogP contribution in [0, 0.1) is 0 Å². The van der Waals surface area contributed by atoms with Crippen molar-refractivity contribution >= 4 is 12.0 Å². The lowest BCUT2D eigenvalue weighted by atomic mass is 9.79. The second-order valence-corrected chi connectivity index (χ2v) is 8.20. The number of benzene rings is 1. The van der Waals surface area contributed by atoms with Crippen molar-refractivity contribution in [2.24, 2.45) is 0 Å². The number of hydrogen-bond donors (Lipinski definition) is 0. The molecule has 23 heavy (non-hydrogen) atoms. The van der Waals surface area contributed by atoms with Gasteiger partial charge in [-0.25, -0.2) is 4.79 Å². The maximum absolute atomic E-state index is 11.7. The maximum atomic E-state index is 11.7. The van der Waals surface area contributed by atoms with Gasteiger partial charge in [0.2, 0.25) is 0 Å². The number of carbonyl (C=O) groups is 1. The molecule has 0 atom stereocenters. The normalized spacial score (nSPS) is 12.7. The molecule has 1 aromatic rings. The largest absolute Gasteiger partial charge is 0.463 e. The molecule has 0 heterocycles. The van der Waals surface area contributed by atoms with Crippen LogP contribution in [0.3, 0.4) is 0 Å². The van der Waals surface area contributed by atoms with Crippen molar-refractivity contribution < 1.29 is 9.53 Å². The van der Waals surface area contributed by atoms with Crippen LogP contribution in [0.15, 0.2) is 24.3 Å². The Balaban J connectivity index is 3.04. The molecular formula is C21H32O2. The van der Waals surface area contributed by atoms with Gasteiger partial charge in [-0.15, -0.1) is 0 Å². The number of unbranched alkanes of at least 4 members (excludes halogenated alkanes) is 1. The lowest BCUT2D eigenvalue weighted by molar-refractivity contribution is -0.137. The summed E-state index contributed by atoms with van der Waals surface area (Å²) < 4.78 is 5.17. The molecule has 0 bridgehead atoms. The van der Waals surface area contributed by atoms with Crippen molar-refractivity contribution in [2.75, 3.05) is 6.61 Å². The first-order valence-electron chi connectivity index (χ1n) is 8.55. The number of rotatable bonds is 5. The number of hydrogen-bond acceptors (Lipinski definition) is 2. The van der Waals surface area contributed by atoms with Crippen molar-refractivity contribution in [3.05, 3.63) is 41.0 Å². The first-order valence-corrected chi connectivity index (χ1v) is 8.55. The van der Waals surface area contributed by atoms with Gasteiger partial charge in [0.1, 0.15) is 0 Å². The second-order valence-electron chi connectivity index (χ2n) is 8.20. The number of carbonyl (C=O) groups excluding carboxylic acids is 1. The van der Waals surface area contributed by atoms with Crippen molar-refractivity contribution in [1.29, 1.82) is 0 Å². The van der Waals surface area contributed by atoms with Crippen LogP contribution in [-0.4, -0.2) is 12.6 Å². The van der Waals surface area contributed by atoms with Gasteiger partial charge in [-0.1, -0.05) is 73.1 Å². The fraction of sp³-hybridized carbons (Fsp3) is 0.571. The smallest absolute Gasteiger partial charge is 0.330 e. The summed E-state index contributed by atoms with van der Waals surface area (Å²) in [6.45, 7) is 15.8. The molecule has 2 heteroatoms. The van der Waals surface area contributed by atoms with Crippen LogP contribution in [0.5, 0.6) is 0 Å². The summed E-state index contributed by atoms with van der Waals surface area (Å²) in [7, 11) is 0. The third-order valence-electron chi connectivity index (χ3n) is 3.84. The Bertz CT molecular complexity index is 522. The second kappa shape index (κ2) is 7.81. The zero-order valence-electron chi connectivity index (χ0n) is 15.8. The summed E-state index contributed by atoms with van der Waals surface area (Å²) in [6.07, 6.45) is 5.33. The molecule has 1 rings (SSSR count). The predicted octanol–water partition coefficient (Wildman–Crippen LogP) is 5.64. The van der Waals surface area contributed by atoms with Gasteiger partial charge in [0.05, 0.1) is 6.61 Å². The van der Waals surface area contributed by atoms with Gasteiger partial charge < -0.3 is 4.74 Å². The molecule has 0 saturated carbocycles. The molecule has 128 valence electrons. The minimum atomic E-state index is -0.267. The Kier molecular flexibility index (Phi) is 6.61. The number of ether oxygens (including phenoxy) is 1. The lowest BCUT2D eigenvalue weighted by Gasteiger charge is -2.25. The Labute approximate surface area is 141 Å². The summed E-state index contributed by atoms with van der Waals surface area (Å²) >= 11 is 0. The average Bonchev–Trinajstić information content (AvgIpc) is 2.43. The van der Waals surface area contributed by atoms with Crippen LogP contribution in [0.25, 0.3) is 6.08 Å². The highest BCUT2D eigenvalue weighted by Crippen LogP contribution is 2.30. The van der Waals surface area contributed by atoms with Crippen molar-refractivity contribution in [2.45, 2.75) is 72.1 Å². The molecule has 0 radical (unpaired) electrons. The fourth-order valence-corrected chi connectivity index (χ4v) is 2.14. The highest BCUT2D eigenvalue weighted by Gasteiger charge is 2.20. The van der Waals surface area contributed by atoms with E-state index in [1.54, 1.807) is 0 Å². The standard InChI is InChI=1S/C21H32O2/c1-8-9-12-23-19(22)11-10-16-13-17(20(2,3)4)15-18(14-16)21(5,6)7/h10-11,13-15H,8-9,12H2,1-7H3/b11-10+. The first-order chi connectivity index (χ1) is 10.5. The molecule has 0 N–H and O–H groups in total. The zero-order valence-corrected chi connectivity index (χ0v) is 15.8. The van der Waals surface area contributed by atoms with Crippen LogP contribution < -0.4 is 0 Å². The van der Waals surface area contributed by atoms with Gasteiger partial charge in [0, 0.05) is 6.08 Å². The van der Waals surface area contributed by atoms with Gasteiger partial charge in [-0.2, -0.15) is 0 Å². The third kappa shape index (κ3) is 6.60. The lowest BCUT2D eigenvalue weighted by Crippen LogP contribution is -2.16. The molecule has 0 aliphatic heterocycles. The van der Waals surface area contributed by atoms with Gasteiger partial charge in [-0.05, 0) is 40.0 Å². The molecule has 0 saturated heterocycles. The zero-order chi connectivity index (χ0) is 17.7. The van der Waals surface area contributed by atoms with E-state index < -0.39 is 0 Å².